The van der Waals surface area contributed by atoms with Gasteiger partial charge in [-0.1, -0.05) is 68.0 Å². The van der Waals surface area contributed by atoms with Gasteiger partial charge in [0.25, 0.3) is 0 Å². The molecular formula is C30H39N3O4S. The predicted octanol–water partition coefficient (Wildman–Crippen LogP) is 3.24. The van der Waals surface area contributed by atoms with Crippen LogP contribution < -0.4 is 0 Å². The maximum atomic E-state index is 14.2. The van der Waals surface area contributed by atoms with Gasteiger partial charge in [0.15, 0.2) is 0 Å². The van der Waals surface area contributed by atoms with Gasteiger partial charge in [-0.15, -0.1) is 11.8 Å². The minimum atomic E-state index is -0.753. The molecule has 5 atom stereocenters. The third-order valence-electron chi connectivity index (χ3n) is 8.38. The number of benzene rings is 1. The first-order chi connectivity index (χ1) is 18.5. The number of carbonyl (C=O) groups excluding carboxylic acids is 3. The second kappa shape index (κ2) is 11.7. The van der Waals surface area contributed by atoms with E-state index in [4.69, 9.17) is 0 Å². The number of fused-ring (bicyclic) bond motifs is 2. The van der Waals surface area contributed by atoms with Crippen molar-refractivity contribution in [1.82, 2.24) is 14.7 Å². The molecule has 4 aliphatic rings. The first-order valence-electron chi connectivity index (χ1n) is 14.1. The van der Waals surface area contributed by atoms with E-state index in [9.17, 15) is 19.5 Å². The van der Waals surface area contributed by atoms with Crippen LogP contribution in [0.4, 0.5) is 0 Å². The van der Waals surface area contributed by atoms with Crippen LogP contribution in [0.25, 0.3) is 0 Å². The standard InChI is InChI=1S/C30H39N3O4S/c1-2-3-16-31-18-11-15-30-25(28(36)33(26(30)29(31)37)19-8-5-9-20-34)24-23(38-30)14-10-17-32(27(24)35)21-22-12-6-4-7-13-22/h4,6-7,10-15,23-26,34H,2-3,5,8-9,16-21H2,1H3/t23-,24+,25-,26?,30-/m0/s1. The maximum Gasteiger partial charge on any atom is 0.247 e. The number of nitrogens with zero attached hydrogens (tertiary/aromatic N) is 3. The Bertz CT molecular complexity index is 1090. The van der Waals surface area contributed by atoms with Crippen molar-refractivity contribution in [1.29, 1.82) is 0 Å². The molecule has 0 aliphatic carbocycles. The quantitative estimate of drug-likeness (QED) is 0.366. The molecule has 4 heterocycles. The Morgan fingerprint density at radius 1 is 0.921 bits per heavy atom. The molecule has 0 radical (unpaired) electrons. The second-order valence-corrected chi connectivity index (χ2v) is 12.3. The van der Waals surface area contributed by atoms with Gasteiger partial charge in [0, 0.05) is 44.6 Å². The Morgan fingerprint density at radius 2 is 1.71 bits per heavy atom. The Morgan fingerprint density at radius 3 is 2.47 bits per heavy atom. The van der Waals surface area contributed by atoms with Crippen LogP contribution in [0.5, 0.6) is 0 Å². The molecule has 2 fully saturated rings. The Balaban J connectivity index is 1.49. The molecule has 204 valence electrons. The van der Waals surface area contributed by atoms with Gasteiger partial charge in [-0.05, 0) is 31.2 Å². The lowest BCUT2D eigenvalue weighted by Gasteiger charge is -2.35. The van der Waals surface area contributed by atoms with Crippen molar-refractivity contribution in [2.24, 2.45) is 11.8 Å². The van der Waals surface area contributed by atoms with Gasteiger partial charge >= 0.3 is 0 Å². The van der Waals surface area contributed by atoms with Crippen molar-refractivity contribution >= 4 is 29.5 Å². The summed E-state index contributed by atoms with van der Waals surface area (Å²) in [4.78, 5) is 48.0. The van der Waals surface area contributed by atoms with E-state index in [2.05, 4.69) is 31.2 Å². The average Bonchev–Trinajstić information content (AvgIpc) is 3.24. The van der Waals surface area contributed by atoms with E-state index in [1.54, 1.807) is 16.7 Å². The van der Waals surface area contributed by atoms with E-state index in [1.807, 2.05) is 40.1 Å². The summed E-state index contributed by atoms with van der Waals surface area (Å²) >= 11 is 1.65. The van der Waals surface area contributed by atoms with Gasteiger partial charge in [0.1, 0.15) is 6.04 Å². The van der Waals surface area contributed by atoms with Crippen LogP contribution in [-0.2, 0) is 20.9 Å². The molecule has 8 heteroatoms. The third-order valence-corrected chi connectivity index (χ3v) is 10.1. The predicted molar refractivity (Wildman–Crippen MR) is 149 cm³/mol. The van der Waals surface area contributed by atoms with Gasteiger partial charge in [-0.3, -0.25) is 14.4 Å². The second-order valence-electron chi connectivity index (χ2n) is 10.8. The number of aliphatic hydroxyl groups is 1. The average molecular weight is 538 g/mol. The number of rotatable bonds is 10. The molecule has 2 saturated heterocycles. The largest absolute Gasteiger partial charge is 0.396 e. The van der Waals surface area contributed by atoms with Gasteiger partial charge in [0.05, 0.1) is 16.6 Å². The van der Waals surface area contributed by atoms with Crippen molar-refractivity contribution in [3.63, 3.8) is 0 Å². The van der Waals surface area contributed by atoms with Crippen LogP contribution in [0, 0.1) is 11.8 Å². The molecule has 1 N–H and O–H groups in total. The minimum absolute atomic E-state index is 0.000364. The van der Waals surface area contributed by atoms with E-state index in [0.717, 1.165) is 31.2 Å². The molecule has 7 nitrogen and oxygen atoms in total. The van der Waals surface area contributed by atoms with Crippen LogP contribution in [-0.4, -0.2) is 86.4 Å². The molecule has 38 heavy (non-hydrogen) atoms. The zero-order valence-corrected chi connectivity index (χ0v) is 23.0. The molecule has 0 bridgehead atoms. The van der Waals surface area contributed by atoms with Crippen molar-refractivity contribution in [3.8, 4) is 0 Å². The van der Waals surface area contributed by atoms with E-state index < -0.39 is 22.6 Å². The summed E-state index contributed by atoms with van der Waals surface area (Å²) in [6.45, 7) is 4.93. The highest BCUT2D eigenvalue weighted by Crippen LogP contribution is 2.61. The number of carbonyl (C=O) groups is 3. The number of unbranched alkanes of at least 4 members (excludes halogenated alkanes) is 3. The Labute approximate surface area is 229 Å². The van der Waals surface area contributed by atoms with E-state index in [-0.39, 0.29) is 29.6 Å². The number of likely N-dealkylation sites (tertiary alicyclic amines) is 1. The first-order valence-corrected chi connectivity index (χ1v) is 14.9. The molecule has 0 saturated carbocycles. The third kappa shape index (κ3) is 4.81. The molecule has 1 spiro atoms. The van der Waals surface area contributed by atoms with E-state index >= 15 is 0 Å². The summed E-state index contributed by atoms with van der Waals surface area (Å²) in [5.41, 5.74) is 1.06. The molecule has 4 aliphatic heterocycles. The van der Waals surface area contributed by atoms with Crippen LogP contribution >= 0.6 is 11.8 Å². The SMILES string of the molecule is CCCCN1CC=C[C@]23S[C@H]4C=CCN(Cc5ccccc5)C(=O)[C@H]4[C@H]2C(=O)N(CCCCCO)C3C1=O. The Hall–Kier alpha value is -2.58. The summed E-state index contributed by atoms with van der Waals surface area (Å²) in [5, 5.41) is 9.09. The highest BCUT2D eigenvalue weighted by molar-refractivity contribution is 8.02. The number of hydrogen-bond acceptors (Lipinski definition) is 5. The summed E-state index contributed by atoms with van der Waals surface area (Å²) < 4.78 is -0.753. The molecule has 5 rings (SSSR count). The number of hydrogen-bond donors (Lipinski definition) is 1. The van der Waals surface area contributed by atoms with E-state index in [0.29, 0.717) is 39.1 Å². The summed E-state index contributed by atoms with van der Waals surface area (Å²) in [6, 6.07) is 9.35. The van der Waals surface area contributed by atoms with Gasteiger partial charge < -0.3 is 19.8 Å². The van der Waals surface area contributed by atoms with Crippen molar-refractivity contribution in [2.45, 2.75) is 61.6 Å². The Kier molecular flexibility index (Phi) is 8.29. The zero-order valence-electron chi connectivity index (χ0n) is 22.2. The number of aliphatic hydroxyl groups excluding tert-OH is 1. The van der Waals surface area contributed by atoms with E-state index in [1.165, 1.54) is 0 Å². The fourth-order valence-corrected chi connectivity index (χ4v) is 8.55. The fraction of sp³-hybridized carbons (Fsp3) is 0.567. The highest BCUT2D eigenvalue weighted by atomic mass is 32.2. The highest BCUT2D eigenvalue weighted by Gasteiger charge is 2.70. The molecule has 1 aromatic rings. The summed E-state index contributed by atoms with van der Waals surface area (Å²) in [7, 11) is 0. The monoisotopic (exact) mass is 537 g/mol. The smallest absolute Gasteiger partial charge is 0.247 e. The lowest BCUT2D eigenvalue weighted by molar-refractivity contribution is -0.144. The van der Waals surface area contributed by atoms with Gasteiger partial charge in [-0.25, -0.2) is 0 Å². The lowest BCUT2D eigenvalue weighted by Crippen LogP contribution is -2.53. The van der Waals surface area contributed by atoms with Crippen molar-refractivity contribution < 1.29 is 19.5 Å². The number of amides is 3. The maximum absolute atomic E-state index is 14.2. The number of thioether (sulfide) groups is 1. The topological polar surface area (TPSA) is 81.2 Å². The molecule has 1 aromatic carbocycles. The van der Waals surface area contributed by atoms with Crippen molar-refractivity contribution in [2.75, 3.05) is 32.8 Å². The van der Waals surface area contributed by atoms with Crippen LogP contribution in [0.2, 0.25) is 0 Å². The van der Waals surface area contributed by atoms with Crippen molar-refractivity contribution in [3.05, 3.63) is 60.2 Å². The van der Waals surface area contributed by atoms with Gasteiger partial charge in [-0.2, -0.15) is 0 Å². The van der Waals surface area contributed by atoms with Crippen LogP contribution in [0.15, 0.2) is 54.6 Å². The molecular weight excluding hydrogens is 498 g/mol. The minimum Gasteiger partial charge on any atom is -0.396 e. The lowest BCUT2D eigenvalue weighted by atomic mass is 9.78. The fourth-order valence-electron chi connectivity index (χ4n) is 6.54. The zero-order chi connectivity index (χ0) is 26.7. The normalized spacial score (nSPS) is 30.4. The molecule has 0 aromatic heterocycles. The molecule has 3 amide bonds. The van der Waals surface area contributed by atoms with Gasteiger partial charge in [0.2, 0.25) is 17.7 Å². The summed E-state index contributed by atoms with van der Waals surface area (Å²) in [6.07, 6.45) is 12.4. The summed E-state index contributed by atoms with van der Waals surface area (Å²) in [5.74, 6) is -1.14. The van der Waals surface area contributed by atoms with Crippen LogP contribution in [0.3, 0.4) is 0 Å². The van der Waals surface area contributed by atoms with Crippen LogP contribution in [0.1, 0.15) is 44.6 Å². The first kappa shape index (κ1) is 27.0. The molecule has 1 unspecified atom stereocenters.